The lowest BCUT2D eigenvalue weighted by molar-refractivity contribution is -0.134. The zero-order valence-electron chi connectivity index (χ0n) is 6.21. The Hall–Kier alpha value is 0.160. The van der Waals surface area contributed by atoms with Crippen molar-refractivity contribution in [1.82, 2.24) is 0 Å². The summed E-state index contributed by atoms with van der Waals surface area (Å²) in [6.45, 7) is 2.38. The minimum absolute atomic E-state index is 0. The number of hydrogen-bond donors (Lipinski definition) is 1. The second-order valence-electron chi connectivity index (χ2n) is 1.17. The van der Waals surface area contributed by atoms with Crippen LogP contribution in [-0.2, 0) is 18.8 Å². The van der Waals surface area contributed by atoms with Crippen LogP contribution in [0.1, 0.15) is 28.7 Å². The number of hydrogen-bond acceptors (Lipinski definition) is 3. The van der Waals surface area contributed by atoms with Crippen LogP contribution in [0.4, 0.5) is 0 Å². The van der Waals surface area contributed by atoms with Crippen LogP contribution < -0.4 is 0 Å². The monoisotopic (exact) mass is 288 g/mol. The Bertz CT molecular complexity index is 123. The fraction of sp³-hybridized carbons (Fsp3) is 0.667. The summed E-state index contributed by atoms with van der Waals surface area (Å²) in [5.74, 6) is -0.833. The van der Waals surface area contributed by atoms with E-state index in [2.05, 4.69) is 33.0 Å². The molecule has 0 amide bonds. The zero-order valence-corrected chi connectivity index (χ0v) is 9.30. The number of rotatable bonds is 0. The van der Waals surface area contributed by atoms with Gasteiger partial charge in [0.05, 0.1) is 0 Å². The van der Waals surface area contributed by atoms with Crippen LogP contribution in [-0.4, -0.2) is 20.5 Å². The van der Waals surface area contributed by atoms with Crippen molar-refractivity contribution >= 4 is 53.4 Å². The van der Waals surface area contributed by atoms with Gasteiger partial charge in [0.1, 0.15) is 0 Å². The van der Waals surface area contributed by atoms with E-state index in [1.807, 2.05) is 0 Å². The van der Waals surface area contributed by atoms with E-state index >= 15 is 0 Å². The molecule has 8 heteroatoms. The molecule has 0 spiro atoms. The Morgan fingerprint density at radius 3 is 1.14 bits per heavy atom. The van der Waals surface area contributed by atoms with E-state index in [0.717, 1.165) is 6.92 Å². The van der Waals surface area contributed by atoms with E-state index in [9.17, 15) is 4.79 Å². The average Bonchev–Trinajstić information content (AvgIpc) is 1.54. The predicted molar refractivity (Wildman–Crippen MR) is 63.2 cm³/mol. The number of carboxylic acids is 1. The van der Waals surface area contributed by atoms with Crippen molar-refractivity contribution in [2.45, 2.75) is 28.7 Å². The number of halogens is 3. The fourth-order valence-corrected chi connectivity index (χ4v) is 0. The van der Waals surface area contributed by atoms with Crippen LogP contribution in [0.25, 0.3) is 0 Å². The molecule has 0 heterocycles. The lowest BCUT2D eigenvalue weighted by atomic mass is 10.9. The average molecular weight is 290 g/mol. The Labute approximate surface area is 101 Å². The van der Waals surface area contributed by atoms with Crippen LogP contribution in [0.15, 0.2) is 0 Å². The highest BCUT2D eigenvalue weighted by molar-refractivity contribution is 8.26. The maximum absolute atomic E-state index is 9.21. The van der Waals surface area contributed by atoms with Crippen molar-refractivity contribution in [1.29, 1.82) is 0 Å². The third kappa shape index (κ3) is 59200. The van der Waals surface area contributed by atoms with E-state index in [1.165, 1.54) is 6.92 Å². The first-order valence-electron chi connectivity index (χ1n) is 2.30. The summed E-state index contributed by atoms with van der Waals surface area (Å²) in [5, 5.41) is 7.06. The van der Waals surface area contributed by atoms with Crippen molar-refractivity contribution in [2.24, 2.45) is 0 Å². The molecule has 0 aromatic heterocycles. The molecule has 0 bridgehead atoms. The minimum atomic E-state index is -1.67. The third-order valence-electron chi connectivity index (χ3n) is 0. The molecule has 0 atom stereocenters. The highest BCUT2D eigenvalue weighted by atomic mass is 36.0. The second kappa shape index (κ2) is 23.2. The summed E-state index contributed by atoms with van der Waals surface area (Å²) in [7, 11) is 7.36. The molecular formula is C6H15Cl3O4S. The van der Waals surface area contributed by atoms with Crippen LogP contribution in [0, 0.1) is 0 Å². The Morgan fingerprint density at radius 2 is 1.14 bits per heavy atom. The molecule has 90 valence electrons. The molecule has 0 aromatic rings. The number of carboxylic acid groups (broad SMARTS) is 1. The number of carbonyl (C=O) groups excluding carboxylic acids is 1. The van der Waals surface area contributed by atoms with Gasteiger partial charge in [0.2, 0.25) is 14.5 Å². The van der Waals surface area contributed by atoms with Crippen LogP contribution in [0.5, 0.6) is 0 Å². The minimum Gasteiger partial charge on any atom is -0.481 e. The third-order valence-corrected chi connectivity index (χ3v) is 0. The van der Waals surface area contributed by atoms with E-state index in [4.69, 9.17) is 14.1 Å². The van der Waals surface area contributed by atoms with E-state index in [-0.39, 0.29) is 20.1 Å². The highest BCUT2D eigenvalue weighted by Crippen LogP contribution is 1.89. The molecule has 0 rings (SSSR count). The molecule has 0 aliphatic carbocycles. The molecule has 0 saturated carbocycles. The van der Waals surface area contributed by atoms with Crippen LogP contribution >= 0.6 is 33.0 Å². The summed E-state index contributed by atoms with van der Waals surface area (Å²) in [6, 6.07) is 0. The molecule has 0 unspecified atom stereocenters. The second-order valence-corrected chi connectivity index (χ2v) is 4.23. The van der Waals surface area contributed by atoms with Gasteiger partial charge in [-0.05, 0) is 11.6 Å². The van der Waals surface area contributed by atoms with Crippen molar-refractivity contribution in [3.63, 3.8) is 0 Å². The number of aliphatic carboxylic acids is 1. The van der Waals surface area contributed by atoms with Crippen molar-refractivity contribution in [3.05, 3.63) is 0 Å². The summed E-state index contributed by atoms with van der Waals surface area (Å²) < 4.78 is 9.09. The maximum atomic E-state index is 9.21. The van der Waals surface area contributed by atoms with Crippen LogP contribution in [0.2, 0.25) is 0 Å². The van der Waals surface area contributed by atoms with E-state index in [1.54, 1.807) is 0 Å². The Kier molecular flexibility index (Phi) is 48.4. The molecular weight excluding hydrogens is 274 g/mol. The van der Waals surface area contributed by atoms with E-state index in [0.29, 0.717) is 0 Å². The van der Waals surface area contributed by atoms with Gasteiger partial charge in [-0.15, -0.1) is 0 Å². The summed E-state index contributed by atoms with van der Waals surface area (Å²) in [6.07, 6.45) is 0. The first kappa shape index (κ1) is 29.2. The molecule has 0 radical (unpaired) electrons. The molecule has 0 aliphatic heterocycles. The Balaban J connectivity index is -0.0000000270. The Morgan fingerprint density at radius 1 is 1.14 bits per heavy atom. The van der Waals surface area contributed by atoms with Crippen LogP contribution in [0.3, 0.4) is 0 Å². The number of carbonyl (C=O) groups is 2. The standard InChI is InChI=1S/C2H3ClO.C2H4O2.2CH4.Cl2OS/c2*1-2(3)4;;;1-4(2)3/h1H3;1H3,(H,3,4);2*1H4;. The first-order valence-corrected chi connectivity index (χ1v) is 5.48. The highest BCUT2D eigenvalue weighted by Gasteiger charge is 1.68. The van der Waals surface area contributed by atoms with Gasteiger partial charge in [-0.2, -0.15) is 0 Å². The fourth-order valence-electron chi connectivity index (χ4n) is 0. The van der Waals surface area contributed by atoms with Gasteiger partial charge in [-0.1, -0.05) is 14.9 Å². The van der Waals surface area contributed by atoms with Crippen molar-refractivity contribution in [2.75, 3.05) is 0 Å². The largest absolute Gasteiger partial charge is 0.481 e. The van der Waals surface area contributed by atoms with Gasteiger partial charge >= 0.3 is 0 Å². The normalized spacial score (nSPS) is 6.14. The summed E-state index contributed by atoms with van der Waals surface area (Å²) in [4.78, 5) is 18.2. The lowest BCUT2D eigenvalue weighted by Gasteiger charge is -1.59. The molecule has 14 heavy (non-hydrogen) atoms. The van der Waals surface area contributed by atoms with Gasteiger partial charge in [-0.25, -0.2) is 4.21 Å². The first-order chi connectivity index (χ1) is 5.20. The quantitative estimate of drug-likeness (QED) is 0.695. The topological polar surface area (TPSA) is 71.4 Å². The van der Waals surface area contributed by atoms with Gasteiger partial charge in [0.25, 0.3) is 5.97 Å². The smallest absolute Gasteiger partial charge is 0.300 e. The summed E-state index contributed by atoms with van der Waals surface area (Å²) in [5.41, 5.74) is 0. The van der Waals surface area contributed by atoms with Gasteiger partial charge in [0, 0.05) is 35.2 Å². The molecule has 4 nitrogen and oxygen atoms in total. The molecule has 0 aliphatic rings. The van der Waals surface area contributed by atoms with Crippen molar-refractivity contribution in [3.8, 4) is 0 Å². The van der Waals surface area contributed by atoms with Gasteiger partial charge in [0.15, 0.2) is 0 Å². The maximum Gasteiger partial charge on any atom is 0.300 e. The molecule has 0 aromatic carbocycles. The lowest BCUT2D eigenvalue weighted by Crippen LogP contribution is -1.78. The van der Waals surface area contributed by atoms with Gasteiger partial charge < -0.3 is 5.11 Å². The zero-order chi connectivity index (χ0) is 10.7. The molecule has 0 fully saturated rings. The summed E-state index contributed by atoms with van der Waals surface area (Å²) >= 11 is 4.64. The molecule has 0 saturated heterocycles. The van der Waals surface area contributed by atoms with Crippen molar-refractivity contribution < 1.29 is 18.9 Å². The van der Waals surface area contributed by atoms with Gasteiger partial charge in [-0.3, -0.25) is 9.59 Å². The SMILES string of the molecule is C.C.CC(=O)Cl.CC(=O)O.O=S(Cl)Cl. The predicted octanol–water partition coefficient (Wildman–Crippen LogP) is 3.18. The van der Waals surface area contributed by atoms with E-state index < -0.39 is 15.2 Å². The molecule has 1 N–H and O–H groups in total.